The summed E-state index contributed by atoms with van der Waals surface area (Å²) in [6, 6.07) is 5.63. The lowest BCUT2D eigenvalue weighted by Gasteiger charge is -2.12. The number of hydrogen-bond donors (Lipinski definition) is 2. The molecule has 1 aromatic carbocycles. The van der Waals surface area contributed by atoms with Crippen molar-refractivity contribution in [1.29, 1.82) is 0 Å². The summed E-state index contributed by atoms with van der Waals surface area (Å²) in [5.74, 6) is 1.15. The number of aromatic nitrogens is 2. The molecule has 18 heavy (non-hydrogen) atoms. The first-order chi connectivity index (χ1) is 8.61. The van der Waals surface area contributed by atoms with Crippen molar-refractivity contribution >= 4 is 51.5 Å². The second-order valence-electron chi connectivity index (χ2n) is 3.39. The molecule has 0 bridgehead atoms. The van der Waals surface area contributed by atoms with E-state index in [1.807, 2.05) is 18.2 Å². The third-order valence-corrected chi connectivity index (χ3v) is 3.22. The topological polar surface area (TPSA) is 73.1 Å². The second kappa shape index (κ2) is 5.57. The van der Waals surface area contributed by atoms with Gasteiger partial charge in [0.25, 0.3) is 0 Å². The number of nitrogen functional groups attached to an aromatic ring is 1. The zero-order valence-corrected chi connectivity index (χ0v) is 12.4. The minimum absolute atomic E-state index is 0.275. The third-order valence-electron chi connectivity index (χ3n) is 2.22. The lowest BCUT2D eigenvalue weighted by molar-refractivity contribution is 0.415. The van der Waals surface area contributed by atoms with E-state index in [9.17, 15) is 0 Å². The molecule has 1 heterocycles. The molecule has 0 radical (unpaired) electrons. The summed E-state index contributed by atoms with van der Waals surface area (Å²) in [5, 5.41) is 3.67. The summed E-state index contributed by atoms with van der Waals surface area (Å²) in [4.78, 5) is 7.95. The van der Waals surface area contributed by atoms with Crippen LogP contribution >= 0.6 is 34.2 Å². The quantitative estimate of drug-likeness (QED) is 0.806. The van der Waals surface area contributed by atoms with Gasteiger partial charge in [-0.2, -0.15) is 0 Å². The monoisotopic (exact) mass is 376 g/mol. The molecule has 0 saturated heterocycles. The van der Waals surface area contributed by atoms with Gasteiger partial charge >= 0.3 is 0 Å². The van der Waals surface area contributed by atoms with Crippen LogP contribution in [-0.4, -0.2) is 17.1 Å². The first-order valence-electron chi connectivity index (χ1n) is 4.98. The van der Waals surface area contributed by atoms with Gasteiger partial charge in [-0.1, -0.05) is 11.6 Å². The van der Waals surface area contributed by atoms with Crippen LogP contribution in [-0.2, 0) is 0 Å². The summed E-state index contributed by atoms with van der Waals surface area (Å²) in [6.45, 7) is 0. The number of nitrogens with zero attached hydrogens (tertiary/aromatic N) is 2. The molecule has 7 heteroatoms. The van der Waals surface area contributed by atoms with Crippen molar-refractivity contribution in [3.63, 3.8) is 0 Å². The van der Waals surface area contributed by atoms with Crippen molar-refractivity contribution in [1.82, 2.24) is 9.97 Å². The van der Waals surface area contributed by atoms with Crippen LogP contribution < -0.4 is 15.8 Å². The van der Waals surface area contributed by atoms with Crippen molar-refractivity contribution in [2.75, 3.05) is 18.2 Å². The van der Waals surface area contributed by atoms with Gasteiger partial charge in [0.15, 0.2) is 11.6 Å². The Kier molecular flexibility index (Phi) is 4.07. The van der Waals surface area contributed by atoms with Gasteiger partial charge in [-0.05, 0) is 40.8 Å². The second-order valence-corrected chi connectivity index (χ2v) is 5.04. The van der Waals surface area contributed by atoms with E-state index < -0.39 is 0 Å². The summed E-state index contributed by atoms with van der Waals surface area (Å²) in [7, 11) is 1.51. The fourth-order valence-corrected chi connectivity index (χ4v) is 2.05. The predicted molar refractivity (Wildman–Crippen MR) is 80.4 cm³/mol. The standard InChI is InChI=1S/C11H10ClIN4O/c1-18-9-10(14)15-5-16-11(9)17-8-4-6(13)2-3-7(8)12/h2-5H,1H3,(H3,14,15,16,17). The van der Waals surface area contributed by atoms with Crippen molar-refractivity contribution in [3.05, 3.63) is 33.1 Å². The summed E-state index contributed by atoms with van der Waals surface area (Å²) in [6.07, 6.45) is 1.36. The highest BCUT2D eigenvalue weighted by atomic mass is 127. The molecule has 0 amide bonds. The molecule has 1 aromatic heterocycles. The Morgan fingerprint density at radius 3 is 2.89 bits per heavy atom. The van der Waals surface area contributed by atoms with Crippen LogP contribution in [0.2, 0.25) is 5.02 Å². The van der Waals surface area contributed by atoms with Crippen molar-refractivity contribution < 1.29 is 4.74 Å². The highest BCUT2D eigenvalue weighted by molar-refractivity contribution is 14.1. The molecule has 94 valence electrons. The fourth-order valence-electron chi connectivity index (χ4n) is 1.40. The average Bonchev–Trinajstić information content (AvgIpc) is 2.34. The lowest BCUT2D eigenvalue weighted by atomic mass is 10.3. The van der Waals surface area contributed by atoms with Crippen LogP contribution in [0.3, 0.4) is 0 Å². The number of anilines is 3. The maximum Gasteiger partial charge on any atom is 0.204 e. The van der Waals surface area contributed by atoms with Gasteiger partial charge < -0.3 is 15.8 Å². The molecule has 3 N–H and O–H groups in total. The van der Waals surface area contributed by atoms with Gasteiger partial charge in [0, 0.05) is 3.57 Å². The molecular formula is C11H10ClIN4O. The van der Waals surface area contributed by atoms with E-state index in [2.05, 4.69) is 37.9 Å². The first kappa shape index (κ1) is 13.2. The van der Waals surface area contributed by atoms with Gasteiger partial charge in [0.2, 0.25) is 5.75 Å². The largest absolute Gasteiger partial charge is 0.490 e. The van der Waals surface area contributed by atoms with E-state index in [1.165, 1.54) is 13.4 Å². The van der Waals surface area contributed by atoms with E-state index in [4.69, 9.17) is 22.1 Å². The SMILES string of the molecule is COc1c(N)ncnc1Nc1cc(I)ccc1Cl. The van der Waals surface area contributed by atoms with Gasteiger partial charge in [-0.25, -0.2) is 9.97 Å². The van der Waals surface area contributed by atoms with Gasteiger partial charge in [-0.15, -0.1) is 0 Å². The number of rotatable bonds is 3. The number of benzene rings is 1. The highest BCUT2D eigenvalue weighted by Crippen LogP contribution is 2.32. The Morgan fingerprint density at radius 2 is 2.17 bits per heavy atom. The number of halogens is 2. The van der Waals surface area contributed by atoms with E-state index in [1.54, 1.807) is 0 Å². The summed E-state index contributed by atoms with van der Waals surface area (Å²) >= 11 is 8.30. The van der Waals surface area contributed by atoms with Gasteiger partial charge in [-0.3, -0.25) is 0 Å². The molecule has 2 aromatic rings. The molecule has 0 aliphatic rings. The zero-order valence-electron chi connectivity index (χ0n) is 9.45. The first-order valence-corrected chi connectivity index (χ1v) is 6.44. The van der Waals surface area contributed by atoms with Crippen LogP contribution in [0.1, 0.15) is 0 Å². The van der Waals surface area contributed by atoms with Crippen LogP contribution in [0, 0.1) is 3.57 Å². The minimum Gasteiger partial charge on any atom is -0.490 e. The highest BCUT2D eigenvalue weighted by Gasteiger charge is 2.11. The molecule has 0 atom stereocenters. The summed E-state index contributed by atoms with van der Waals surface area (Å²) in [5.41, 5.74) is 6.44. The van der Waals surface area contributed by atoms with Crippen LogP contribution in [0.4, 0.5) is 17.3 Å². The molecule has 5 nitrogen and oxygen atoms in total. The smallest absolute Gasteiger partial charge is 0.204 e. The number of nitrogens with two attached hydrogens (primary N) is 1. The molecule has 0 fully saturated rings. The van der Waals surface area contributed by atoms with Gasteiger partial charge in [0.1, 0.15) is 6.33 Å². The Balaban J connectivity index is 2.40. The van der Waals surface area contributed by atoms with E-state index >= 15 is 0 Å². The van der Waals surface area contributed by atoms with Crippen LogP contribution in [0.25, 0.3) is 0 Å². The van der Waals surface area contributed by atoms with Gasteiger partial charge in [0.05, 0.1) is 17.8 Å². The van der Waals surface area contributed by atoms with Crippen molar-refractivity contribution in [2.45, 2.75) is 0 Å². The van der Waals surface area contributed by atoms with Crippen molar-refractivity contribution in [3.8, 4) is 5.75 Å². The maximum atomic E-state index is 6.10. The van der Waals surface area contributed by atoms with Crippen molar-refractivity contribution in [2.24, 2.45) is 0 Å². The number of ether oxygens (including phenoxy) is 1. The summed E-state index contributed by atoms with van der Waals surface area (Å²) < 4.78 is 6.22. The molecular weight excluding hydrogens is 367 g/mol. The Bertz CT molecular complexity index is 579. The third kappa shape index (κ3) is 2.75. The fraction of sp³-hybridized carbons (Fsp3) is 0.0909. The maximum absolute atomic E-state index is 6.10. The number of nitrogens with one attached hydrogen (secondary N) is 1. The average molecular weight is 377 g/mol. The Labute approximate surface area is 123 Å². The predicted octanol–water partition coefficient (Wildman–Crippen LogP) is 3.07. The Hall–Kier alpha value is -1.28. The number of methoxy groups -OCH3 is 1. The number of hydrogen-bond acceptors (Lipinski definition) is 5. The minimum atomic E-state index is 0.275. The Morgan fingerprint density at radius 1 is 1.39 bits per heavy atom. The molecule has 0 aliphatic heterocycles. The van der Waals surface area contributed by atoms with Crippen LogP contribution in [0.15, 0.2) is 24.5 Å². The van der Waals surface area contributed by atoms with E-state index in [0.717, 1.165) is 9.26 Å². The molecule has 0 aliphatic carbocycles. The normalized spacial score (nSPS) is 10.2. The molecule has 0 unspecified atom stereocenters. The molecule has 2 rings (SSSR count). The van der Waals surface area contributed by atoms with E-state index in [-0.39, 0.29) is 5.82 Å². The molecule has 0 spiro atoms. The van der Waals surface area contributed by atoms with Crippen LogP contribution in [0.5, 0.6) is 5.75 Å². The van der Waals surface area contributed by atoms with E-state index in [0.29, 0.717) is 16.6 Å². The zero-order chi connectivity index (χ0) is 13.1. The lowest BCUT2D eigenvalue weighted by Crippen LogP contribution is -2.03. The molecule has 0 saturated carbocycles.